The fraction of sp³-hybridized carbons (Fsp3) is 0.833. The minimum absolute atomic E-state index is 0.0901. The van der Waals surface area contributed by atoms with Gasteiger partial charge in [-0.25, -0.2) is 4.98 Å². The predicted molar refractivity (Wildman–Crippen MR) is 65.5 cm³/mol. The van der Waals surface area contributed by atoms with Crippen LogP contribution in [-0.2, 0) is 7.05 Å². The molecule has 1 fully saturated rings. The van der Waals surface area contributed by atoms with E-state index < -0.39 is 0 Å². The highest BCUT2D eigenvalue weighted by atomic mass is 16.3. The average molecular weight is 238 g/mol. The Morgan fingerprint density at radius 1 is 1.41 bits per heavy atom. The fourth-order valence-electron chi connectivity index (χ4n) is 2.54. The molecule has 0 bridgehead atoms. The first-order chi connectivity index (χ1) is 8.22. The van der Waals surface area contributed by atoms with E-state index in [-0.39, 0.29) is 12.6 Å². The van der Waals surface area contributed by atoms with Gasteiger partial charge in [-0.1, -0.05) is 19.3 Å². The molecule has 0 radical (unpaired) electrons. The van der Waals surface area contributed by atoms with Gasteiger partial charge in [-0.05, 0) is 19.3 Å². The zero-order valence-corrected chi connectivity index (χ0v) is 10.5. The number of nitrogens with zero attached hydrogens (tertiary/aromatic N) is 3. The van der Waals surface area contributed by atoms with Crippen molar-refractivity contribution in [1.29, 1.82) is 0 Å². The zero-order chi connectivity index (χ0) is 12.3. The van der Waals surface area contributed by atoms with Crippen LogP contribution in [0.5, 0.6) is 0 Å². The molecule has 1 atom stereocenters. The normalized spacial score (nSPS) is 19.5. The van der Waals surface area contributed by atoms with Crippen molar-refractivity contribution in [1.82, 2.24) is 14.8 Å². The number of hydrogen-bond acceptors (Lipinski definition) is 4. The number of aromatic nitrogens is 3. The smallest absolute Gasteiger partial charge is 0.154 e. The standard InChI is InChI=1S/C12H22N4O/c1-16-12(10(13)7-8-17)14-11(15-16)9-5-3-2-4-6-9/h9-10,17H,2-8,13H2,1H3. The highest BCUT2D eigenvalue weighted by molar-refractivity contribution is 5.03. The maximum Gasteiger partial charge on any atom is 0.154 e. The van der Waals surface area contributed by atoms with E-state index in [9.17, 15) is 0 Å². The molecule has 5 nitrogen and oxygen atoms in total. The predicted octanol–water partition coefficient (Wildman–Crippen LogP) is 1.24. The molecule has 0 amide bonds. The van der Waals surface area contributed by atoms with E-state index in [0.717, 1.165) is 11.6 Å². The van der Waals surface area contributed by atoms with E-state index >= 15 is 0 Å². The van der Waals surface area contributed by atoms with E-state index in [1.165, 1.54) is 32.1 Å². The summed E-state index contributed by atoms with van der Waals surface area (Å²) in [7, 11) is 1.88. The number of aliphatic hydroxyl groups excluding tert-OH is 1. The lowest BCUT2D eigenvalue weighted by atomic mass is 9.89. The molecule has 1 aromatic heterocycles. The fourth-order valence-corrected chi connectivity index (χ4v) is 2.54. The van der Waals surface area contributed by atoms with Crippen molar-refractivity contribution in [3.05, 3.63) is 11.6 Å². The van der Waals surface area contributed by atoms with Crippen LogP contribution in [0.4, 0.5) is 0 Å². The first kappa shape index (κ1) is 12.5. The molecule has 1 unspecified atom stereocenters. The molecule has 1 aromatic rings. The highest BCUT2D eigenvalue weighted by Crippen LogP contribution is 2.31. The number of nitrogens with two attached hydrogens (primary N) is 1. The summed E-state index contributed by atoms with van der Waals surface area (Å²) in [6, 6.07) is -0.213. The van der Waals surface area contributed by atoms with Crippen molar-refractivity contribution in [2.24, 2.45) is 12.8 Å². The van der Waals surface area contributed by atoms with E-state index in [2.05, 4.69) is 10.1 Å². The third-order valence-electron chi connectivity index (χ3n) is 3.56. The molecule has 96 valence electrons. The van der Waals surface area contributed by atoms with E-state index in [4.69, 9.17) is 10.8 Å². The quantitative estimate of drug-likeness (QED) is 0.827. The molecule has 1 aliphatic rings. The first-order valence-corrected chi connectivity index (χ1v) is 6.49. The van der Waals surface area contributed by atoms with Crippen molar-refractivity contribution >= 4 is 0 Å². The lowest BCUT2D eigenvalue weighted by Gasteiger charge is -2.18. The topological polar surface area (TPSA) is 77.0 Å². The van der Waals surface area contributed by atoms with Crippen LogP contribution in [0.25, 0.3) is 0 Å². The van der Waals surface area contributed by atoms with Gasteiger partial charge in [0.25, 0.3) is 0 Å². The Balaban J connectivity index is 2.11. The Hall–Kier alpha value is -0.940. The van der Waals surface area contributed by atoms with E-state index in [1.54, 1.807) is 4.68 Å². The maximum absolute atomic E-state index is 8.91. The Morgan fingerprint density at radius 2 is 2.12 bits per heavy atom. The van der Waals surface area contributed by atoms with Gasteiger partial charge in [-0.3, -0.25) is 4.68 Å². The van der Waals surface area contributed by atoms with Crippen LogP contribution in [0.3, 0.4) is 0 Å². The summed E-state index contributed by atoms with van der Waals surface area (Å²) in [6.07, 6.45) is 6.82. The highest BCUT2D eigenvalue weighted by Gasteiger charge is 2.22. The summed E-state index contributed by atoms with van der Waals surface area (Å²) < 4.78 is 1.77. The SMILES string of the molecule is Cn1nc(C2CCCCC2)nc1C(N)CCO. The van der Waals surface area contributed by atoms with Crippen LogP contribution in [0.2, 0.25) is 0 Å². The van der Waals surface area contributed by atoms with Crippen LogP contribution < -0.4 is 5.73 Å². The number of hydrogen-bond donors (Lipinski definition) is 2. The van der Waals surface area contributed by atoms with Crippen LogP contribution in [0, 0.1) is 0 Å². The van der Waals surface area contributed by atoms with Crippen LogP contribution in [0.1, 0.15) is 62.1 Å². The second-order valence-corrected chi connectivity index (χ2v) is 4.91. The summed E-state index contributed by atoms with van der Waals surface area (Å²) in [4.78, 5) is 4.57. The maximum atomic E-state index is 8.91. The molecule has 0 spiro atoms. The van der Waals surface area contributed by atoms with Gasteiger partial charge in [-0.15, -0.1) is 0 Å². The molecule has 0 saturated heterocycles. The monoisotopic (exact) mass is 238 g/mol. The third kappa shape index (κ3) is 2.84. The van der Waals surface area contributed by atoms with Gasteiger partial charge in [-0.2, -0.15) is 5.10 Å². The van der Waals surface area contributed by atoms with E-state index in [1.807, 2.05) is 7.05 Å². The molecule has 0 aliphatic heterocycles. The second-order valence-electron chi connectivity index (χ2n) is 4.91. The van der Waals surface area contributed by atoms with Gasteiger partial charge < -0.3 is 10.8 Å². The van der Waals surface area contributed by atoms with Gasteiger partial charge in [0.1, 0.15) is 5.82 Å². The largest absolute Gasteiger partial charge is 0.396 e. The summed E-state index contributed by atoms with van der Waals surface area (Å²) in [5.74, 6) is 2.24. The number of aryl methyl sites for hydroxylation is 1. The number of aliphatic hydroxyl groups is 1. The summed E-state index contributed by atoms with van der Waals surface area (Å²) >= 11 is 0. The Morgan fingerprint density at radius 3 is 2.76 bits per heavy atom. The zero-order valence-electron chi connectivity index (χ0n) is 10.5. The van der Waals surface area contributed by atoms with Gasteiger partial charge in [0.05, 0.1) is 6.04 Å². The molecule has 5 heteroatoms. The lowest BCUT2D eigenvalue weighted by Crippen LogP contribution is -2.17. The van der Waals surface area contributed by atoms with E-state index in [0.29, 0.717) is 12.3 Å². The van der Waals surface area contributed by atoms with Crippen LogP contribution in [-0.4, -0.2) is 26.5 Å². The van der Waals surface area contributed by atoms with Gasteiger partial charge in [0.2, 0.25) is 0 Å². The Kier molecular flexibility index (Phi) is 4.12. The van der Waals surface area contributed by atoms with Crippen LogP contribution in [0.15, 0.2) is 0 Å². The Labute approximate surface area is 102 Å². The Bertz CT molecular complexity index is 357. The van der Waals surface area contributed by atoms with Crippen molar-refractivity contribution in [3.63, 3.8) is 0 Å². The minimum Gasteiger partial charge on any atom is -0.396 e. The van der Waals surface area contributed by atoms with Crippen molar-refractivity contribution in [3.8, 4) is 0 Å². The first-order valence-electron chi connectivity index (χ1n) is 6.49. The second kappa shape index (κ2) is 5.60. The molecule has 17 heavy (non-hydrogen) atoms. The molecule has 1 saturated carbocycles. The van der Waals surface area contributed by atoms with Crippen LogP contribution >= 0.6 is 0 Å². The third-order valence-corrected chi connectivity index (χ3v) is 3.56. The molecular formula is C12H22N4O. The van der Waals surface area contributed by atoms with Crippen molar-refractivity contribution < 1.29 is 5.11 Å². The van der Waals surface area contributed by atoms with Crippen molar-refractivity contribution in [2.75, 3.05) is 6.61 Å². The van der Waals surface area contributed by atoms with Gasteiger partial charge >= 0.3 is 0 Å². The summed E-state index contributed by atoms with van der Waals surface area (Å²) in [5, 5.41) is 13.4. The summed E-state index contributed by atoms with van der Waals surface area (Å²) in [6.45, 7) is 0.0901. The van der Waals surface area contributed by atoms with Gasteiger partial charge in [0.15, 0.2) is 5.82 Å². The molecule has 2 rings (SSSR count). The summed E-state index contributed by atoms with van der Waals surface area (Å²) in [5.41, 5.74) is 5.97. The van der Waals surface area contributed by atoms with Crippen molar-refractivity contribution in [2.45, 2.75) is 50.5 Å². The molecule has 1 aliphatic carbocycles. The molecule has 0 aromatic carbocycles. The van der Waals surface area contributed by atoms with Gasteiger partial charge in [0, 0.05) is 19.6 Å². The number of rotatable bonds is 4. The molecule has 3 N–H and O–H groups in total. The average Bonchev–Trinajstić information content (AvgIpc) is 2.73. The molecular weight excluding hydrogens is 216 g/mol. The minimum atomic E-state index is -0.213. The lowest BCUT2D eigenvalue weighted by molar-refractivity contribution is 0.273. The molecule has 1 heterocycles.